The molecule has 0 aromatic rings. The molecule has 0 aliphatic carbocycles. The summed E-state index contributed by atoms with van der Waals surface area (Å²) in [6, 6.07) is 0. The summed E-state index contributed by atoms with van der Waals surface area (Å²) < 4.78 is 16.3. The molecule has 0 bridgehead atoms. The van der Waals surface area contributed by atoms with Gasteiger partial charge in [0, 0.05) is 25.2 Å². The molecule has 102 valence electrons. The lowest BCUT2D eigenvalue weighted by molar-refractivity contribution is -0.150. The predicted octanol–water partition coefficient (Wildman–Crippen LogP) is 3.03. The largest absolute Gasteiger partial charge is 0.382 e. The number of hydrogen-bond acceptors (Lipinski definition) is 3. The maximum atomic E-state index is 5.75. The van der Waals surface area contributed by atoms with Gasteiger partial charge in [-0.15, -0.1) is 0 Å². The van der Waals surface area contributed by atoms with Gasteiger partial charge in [0.05, 0.1) is 19.8 Å². The fourth-order valence-electron chi connectivity index (χ4n) is 1.98. The quantitative estimate of drug-likeness (QED) is 0.523. The Balaban J connectivity index is 1.81. The average molecular weight is 244 g/mol. The van der Waals surface area contributed by atoms with Crippen molar-refractivity contribution in [3.8, 4) is 0 Å². The Hall–Kier alpha value is -0.120. The van der Waals surface area contributed by atoms with Crippen LogP contribution in [-0.2, 0) is 14.2 Å². The molecule has 1 fully saturated rings. The smallest absolute Gasteiger partial charge is 0.0566 e. The van der Waals surface area contributed by atoms with Crippen LogP contribution in [-0.4, -0.2) is 39.6 Å². The predicted molar refractivity (Wildman–Crippen MR) is 69.3 cm³/mol. The van der Waals surface area contributed by atoms with Crippen molar-refractivity contribution < 1.29 is 14.2 Å². The Morgan fingerprint density at radius 3 is 2.06 bits per heavy atom. The van der Waals surface area contributed by atoms with E-state index in [-0.39, 0.29) is 0 Å². The van der Waals surface area contributed by atoms with E-state index in [4.69, 9.17) is 14.2 Å². The van der Waals surface area contributed by atoms with E-state index in [1.54, 1.807) is 0 Å². The first-order valence-corrected chi connectivity index (χ1v) is 7.06. The van der Waals surface area contributed by atoms with Crippen LogP contribution in [0.1, 0.15) is 46.0 Å². The summed E-state index contributed by atoms with van der Waals surface area (Å²) in [6.07, 6.45) is 6.03. The lowest BCUT2D eigenvalue weighted by Crippen LogP contribution is -2.45. The van der Waals surface area contributed by atoms with Crippen molar-refractivity contribution in [2.24, 2.45) is 5.41 Å². The summed E-state index contributed by atoms with van der Waals surface area (Å²) in [7, 11) is 0. The summed E-state index contributed by atoms with van der Waals surface area (Å²) in [4.78, 5) is 0. The molecule has 1 saturated heterocycles. The molecule has 0 N–H and O–H groups in total. The van der Waals surface area contributed by atoms with E-state index in [9.17, 15) is 0 Å². The maximum absolute atomic E-state index is 5.75. The monoisotopic (exact) mass is 244 g/mol. The van der Waals surface area contributed by atoms with Crippen molar-refractivity contribution in [1.82, 2.24) is 0 Å². The van der Waals surface area contributed by atoms with Crippen LogP contribution in [0.2, 0.25) is 0 Å². The van der Waals surface area contributed by atoms with E-state index < -0.39 is 0 Å². The highest BCUT2D eigenvalue weighted by Crippen LogP contribution is 2.31. The molecular weight excluding hydrogens is 216 g/mol. The Labute approximate surface area is 106 Å². The van der Waals surface area contributed by atoms with Crippen LogP contribution in [0.5, 0.6) is 0 Å². The second kappa shape index (κ2) is 8.90. The van der Waals surface area contributed by atoms with E-state index in [1.807, 2.05) is 6.92 Å². The van der Waals surface area contributed by atoms with Gasteiger partial charge in [0.1, 0.15) is 0 Å². The third-order valence-corrected chi connectivity index (χ3v) is 3.51. The lowest BCUT2D eigenvalue weighted by Gasteiger charge is -2.40. The molecule has 0 unspecified atom stereocenters. The van der Waals surface area contributed by atoms with E-state index in [0.29, 0.717) is 5.41 Å². The Morgan fingerprint density at radius 1 is 0.941 bits per heavy atom. The highest BCUT2D eigenvalue weighted by atomic mass is 16.5. The van der Waals surface area contributed by atoms with Crippen LogP contribution in [0, 0.1) is 5.41 Å². The lowest BCUT2D eigenvalue weighted by atomic mass is 9.84. The molecule has 1 aliphatic heterocycles. The van der Waals surface area contributed by atoms with Gasteiger partial charge >= 0.3 is 0 Å². The van der Waals surface area contributed by atoms with Crippen LogP contribution >= 0.6 is 0 Å². The molecule has 0 aromatic carbocycles. The Bertz CT molecular complexity index is 173. The van der Waals surface area contributed by atoms with Gasteiger partial charge in [-0.3, -0.25) is 0 Å². The topological polar surface area (TPSA) is 27.7 Å². The summed E-state index contributed by atoms with van der Waals surface area (Å²) in [6.45, 7) is 9.56. The molecule has 0 radical (unpaired) electrons. The highest BCUT2D eigenvalue weighted by Gasteiger charge is 2.36. The SMILES string of the molecule is CCOCCCCCCOCC1(CC)COC1. The van der Waals surface area contributed by atoms with Crippen molar-refractivity contribution in [3.05, 3.63) is 0 Å². The Morgan fingerprint density at radius 2 is 1.59 bits per heavy atom. The second-order valence-electron chi connectivity index (χ2n) is 5.01. The zero-order valence-corrected chi connectivity index (χ0v) is 11.5. The first-order chi connectivity index (χ1) is 8.33. The fourth-order valence-corrected chi connectivity index (χ4v) is 1.98. The minimum absolute atomic E-state index is 0.342. The number of rotatable bonds is 11. The zero-order chi connectivity index (χ0) is 12.4. The van der Waals surface area contributed by atoms with Gasteiger partial charge in [-0.05, 0) is 26.2 Å². The van der Waals surface area contributed by atoms with E-state index in [0.717, 1.165) is 39.6 Å². The normalized spacial score (nSPS) is 18.0. The zero-order valence-electron chi connectivity index (χ0n) is 11.5. The number of hydrogen-bond donors (Lipinski definition) is 0. The second-order valence-corrected chi connectivity index (χ2v) is 5.01. The summed E-state index contributed by atoms with van der Waals surface area (Å²) in [5, 5.41) is 0. The first-order valence-electron chi connectivity index (χ1n) is 7.06. The fraction of sp³-hybridized carbons (Fsp3) is 1.00. The molecule has 0 amide bonds. The minimum atomic E-state index is 0.342. The van der Waals surface area contributed by atoms with E-state index in [1.165, 1.54) is 32.1 Å². The van der Waals surface area contributed by atoms with Crippen LogP contribution in [0.15, 0.2) is 0 Å². The Kier molecular flexibility index (Phi) is 7.82. The molecule has 1 rings (SSSR count). The van der Waals surface area contributed by atoms with Crippen molar-refractivity contribution in [2.45, 2.75) is 46.0 Å². The number of unbranched alkanes of at least 4 members (excludes halogenated alkanes) is 3. The van der Waals surface area contributed by atoms with Gasteiger partial charge in [-0.2, -0.15) is 0 Å². The molecular formula is C14H28O3. The van der Waals surface area contributed by atoms with E-state index in [2.05, 4.69) is 6.92 Å². The van der Waals surface area contributed by atoms with Gasteiger partial charge in [-0.1, -0.05) is 19.8 Å². The van der Waals surface area contributed by atoms with Crippen molar-refractivity contribution in [1.29, 1.82) is 0 Å². The minimum Gasteiger partial charge on any atom is -0.382 e. The van der Waals surface area contributed by atoms with Crippen LogP contribution in [0.3, 0.4) is 0 Å². The molecule has 3 heteroatoms. The molecule has 1 heterocycles. The molecule has 0 spiro atoms. The van der Waals surface area contributed by atoms with Crippen molar-refractivity contribution in [2.75, 3.05) is 39.6 Å². The molecule has 17 heavy (non-hydrogen) atoms. The molecule has 0 saturated carbocycles. The van der Waals surface area contributed by atoms with Gasteiger partial charge in [0.2, 0.25) is 0 Å². The van der Waals surface area contributed by atoms with Crippen LogP contribution < -0.4 is 0 Å². The van der Waals surface area contributed by atoms with Gasteiger partial charge in [-0.25, -0.2) is 0 Å². The van der Waals surface area contributed by atoms with Crippen molar-refractivity contribution in [3.63, 3.8) is 0 Å². The van der Waals surface area contributed by atoms with Crippen LogP contribution in [0.4, 0.5) is 0 Å². The third kappa shape index (κ3) is 5.84. The average Bonchev–Trinajstić information content (AvgIpc) is 2.30. The molecule has 0 aromatic heterocycles. The summed E-state index contributed by atoms with van der Waals surface area (Å²) in [5.74, 6) is 0. The van der Waals surface area contributed by atoms with Gasteiger partial charge in [0.25, 0.3) is 0 Å². The maximum Gasteiger partial charge on any atom is 0.0566 e. The standard InChI is InChI=1S/C14H28O3/c1-3-14(12-17-13-14)11-16-10-8-6-5-7-9-15-4-2/h3-13H2,1-2H3. The summed E-state index contributed by atoms with van der Waals surface area (Å²) in [5.41, 5.74) is 0.342. The van der Waals surface area contributed by atoms with Gasteiger partial charge < -0.3 is 14.2 Å². The van der Waals surface area contributed by atoms with Crippen molar-refractivity contribution >= 4 is 0 Å². The highest BCUT2D eigenvalue weighted by molar-refractivity contribution is 4.83. The molecule has 0 atom stereocenters. The number of ether oxygens (including phenoxy) is 3. The van der Waals surface area contributed by atoms with Gasteiger partial charge in [0.15, 0.2) is 0 Å². The third-order valence-electron chi connectivity index (χ3n) is 3.51. The first kappa shape index (κ1) is 14.9. The van der Waals surface area contributed by atoms with Crippen LogP contribution in [0.25, 0.3) is 0 Å². The summed E-state index contributed by atoms with van der Waals surface area (Å²) >= 11 is 0. The van der Waals surface area contributed by atoms with E-state index >= 15 is 0 Å². The molecule has 1 aliphatic rings. The molecule has 3 nitrogen and oxygen atoms in total.